The van der Waals surface area contributed by atoms with Crippen molar-refractivity contribution < 1.29 is 74.7 Å². The number of ether oxygens (including phenoxy) is 4. The zero-order valence-corrected chi connectivity index (χ0v) is 40.3. The number of anilines is 2. The van der Waals surface area contributed by atoms with Crippen molar-refractivity contribution >= 4 is 68.6 Å². The highest BCUT2D eigenvalue weighted by Crippen LogP contribution is 2.46. The second-order valence-corrected chi connectivity index (χ2v) is 26.4. The van der Waals surface area contributed by atoms with Gasteiger partial charge >= 0.3 is 15.2 Å². The highest BCUT2D eigenvalue weighted by Gasteiger charge is 2.57. The maximum Gasteiger partial charge on any atom is 0.340 e. The standard InChI is InChI=1S/C20H27N6O8PS.C17H23N6O8PS/c1-20(2)33-15-13(9-36(30,31)10-35(27,28)29)32-19(16(15)34-20)26-18-12(8-22-26)17(24-14(7-21)25-18)23-11-5-3-4-6-11;18-5-12-21-15(20-9-3-1-2-4-9)10-6-19-23(16(10)22-12)17-14(25)13(24)11(31-17)7-33(29,30)8-32(26,27)28/h8,11,13,15-16,19H,3-6,9-10H2,1-2H3,(H,23,24,25)(H2,27,28,29);6,9,11,13-14,17,24-25H,1-4,7-8H2,(H,20,21,22)(H2,26,27,28)/t13-,15-,16-,19-;11-,13-,14-,17-/m11/s1. The topological polar surface area (TPSA) is 420 Å². The van der Waals surface area contributed by atoms with Crippen LogP contribution in [0.1, 0.15) is 89.3 Å². The molecule has 0 amide bonds. The molecule has 2 saturated carbocycles. The van der Waals surface area contributed by atoms with Gasteiger partial charge in [0.15, 0.2) is 60.2 Å². The van der Waals surface area contributed by atoms with E-state index in [9.17, 15) is 56.5 Å². The van der Waals surface area contributed by atoms with Gasteiger partial charge in [0.2, 0.25) is 11.6 Å². The van der Waals surface area contributed by atoms with Crippen LogP contribution in [0.2, 0.25) is 0 Å². The van der Waals surface area contributed by atoms with E-state index in [2.05, 4.69) is 40.8 Å². The smallest absolute Gasteiger partial charge is 0.340 e. The molecule has 8 atom stereocenters. The molecular weight excluding hydrogens is 995 g/mol. The molecule has 2 aliphatic carbocycles. The summed E-state index contributed by atoms with van der Waals surface area (Å²) in [4.78, 5) is 53.3. The van der Waals surface area contributed by atoms with Gasteiger partial charge in [-0.2, -0.15) is 30.7 Å². The van der Waals surface area contributed by atoms with Gasteiger partial charge in [-0.15, -0.1) is 0 Å². The molecule has 0 radical (unpaired) electrons. The van der Waals surface area contributed by atoms with Crippen molar-refractivity contribution in [2.45, 2.75) is 132 Å². The van der Waals surface area contributed by atoms with Crippen LogP contribution in [0.15, 0.2) is 12.4 Å². The minimum absolute atomic E-state index is 0.0658. The Labute approximate surface area is 393 Å². The minimum atomic E-state index is -4.86. The number of nitrogens with one attached hydrogen (secondary N) is 2. The Morgan fingerprint density at radius 3 is 1.55 bits per heavy atom. The van der Waals surface area contributed by atoms with E-state index in [0.717, 1.165) is 56.0 Å². The van der Waals surface area contributed by atoms with Crippen LogP contribution < -0.4 is 10.6 Å². The highest BCUT2D eigenvalue weighted by molar-refractivity contribution is 7.97. The molecule has 376 valence electrons. The summed E-state index contributed by atoms with van der Waals surface area (Å²) in [6.45, 7) is 3.34. The number of nitriles is 2. The number of aromatic nitrogens is 8. The normalized spacial score (nSPS) is 27.6. The van der Waals surface area contributed by atoms with E-state index in [4.69, 9.17) is 28.7 Å². The van der Waals surface area contributed by atoms with Crippen LogP contribution in [0, 0.1) is 22.7 Å². The van der Waals surface area contributed by atoms with Gasteiger partial charge in [0.05, 0.1) is 34.7 Å². The summed E-state index contributed by atoms with van der Waals surface area (Å²) in [6.07, 6.45) is 1.40. The molecule has 5 aliphatic rings. The molecule has 0 bridgehead atoms. The van der Waals surface area contributed by atoms with Gasteiger partial charge in [-0.25, -0.2) is 36.2 Å². The molecule has 7 heterocycles. The summed E-state index contributed by atoms with van der Waals surface area (Å²) in [6, 6.07) is 4.22. The zero-order chi connectivity index (χ0) is 49.8. The van der Waals surface area contributed by atoms with Crippen LogP contribution in [-0.4, -0.2) is 163 Å². The van der Waals surface area contributed by atoms with Crippen molar-refractivity contribution in [3.05, 3.63) is 24.0 Å². The quantitative estimate of drug-likeness (QED) is 0.0784. The third-order valence-corrected chi connectivity index (χ3v) is 19.5. The Morgan fingerprint density at radius 1 is 0.681 bits per heavy atom. The third kappa shape index (κ3) is 11.7. The summed E-state index contributed by atoms with van der Waals surface area (Å²) < 4.78 is 97.6. The molecular formula is C37H50N12O16P2S2. The predicted molar refractivity (Wildman–Crippen MR) is 237 cm³/mol. The largest absolute Gasteiger partial charge is 0.387 e. The van der Waals surface area contributed by atoms with E-state index in [-0.39, 0.29) is 29.4 Å². The van der Waals surface area contributed by atoms with Gasteiger partial charge in [0, 0.05) is 12.1 Å². The van der Waals surface area contributed by atoms with Crippen molar-refractivity contribution in [2.75, 3.05) is 33.1 Å². The lowest BCUT2D eigenvalue weighted by Gasteiger charge is -2.24. The summed E-state index contributed by atoms with van der Waals surface area (Å²) in [7, 11) is -18.2. The van der Waals surface area contributed by atoms with E-state index in [1.807, 2.05) is 12.1 Å². The zero-order valence-electron chi connectivity index (χ0n) is 36.9. The molecule has 0 unspecified atom stereocenters. The van der Waals surface area contributed by atoms with Gasteiger partial charge < -0.3 is 59.4 Å². The highest BCUT2D eigenvalue weighted by atomic mass is 32.2. The first-order chi connectivity index (χ1) is 32.3. The van der Waals surface area contributed by atoms with E-state index in [0.29, 0.717) is 28.1 Å². The first kappa shape index (κ1) is 51.0. The van der Waals surface area contributed by atoms with Gasteiger partial charge in [-0.3, -0.25) is 9.13 Å². The number of fused-ring (bicyclic) bond motifs is 3. The fraction of sp³-hybridized carbons (Fsp3) is 0.676. The fourth-order valence-electron chi connectivity index (χ4n) is 9.25. The summed E-state index contributed by atoms with van der Waals surface area (Å²) in [5.41, 5.74) is -2.27. The van der Waals surface area contributed by atoms with Gasteiger partial charge in [0.1, 0.15) is 60.4 Å². The molecule has 8 N–H and O–H groups in total. The number of hydrogen-bond donors (Lipinski definition) is 8. The molecule has 5 fully saturated rings. The maximum atomic E-state index is 12.5. The SMILES string of the molecule is CC1(C)O[C@@H]2[C@H](O1)[C@@H](CS(=O)(=O)CP(=O)(O)O)O[C@H]2n1ncc2c(NC3CCCC3)nc(C#N)nc21.N#Cc1nc(NC2CCCC2)c2cnn([C@@H]3O[C@H](CS(=O)(=O)CP(=O)(O)O)[C@@H](O)[C@H]3O)c2n1. The Balaban J connectivity index is 0.000000187. The Hall–Kier alpha value is -4.36. The molecule has 4 aromatic rings. The number of aliphatic hydroxyl groups excluding tert-OH is 2. The van der Waals surface area contributed by atoms with Gasteiger partial charge in [-0.05, 0) is 39.5 Å². The number of sulfone groups is 2. The number of hydrogen-bond acceptors (Lipinski definition) is 22. The second-order valence-electron chi connectivity index (χ2n) is 18.0. The lowest BCUT2D eigenvalue weighted by atomic mass is 10.1. The Kier molecular flexibility index (Phi) is 14.3. The molecule has 9 rings (SSSR count). The molecule has 32 heteroatoms. The number of nitrogens with zero attached hydrogens (tertiary/aromatic N) is 10. The molecule has 4 aromatic heterocycles. The molecule has 3 aliphatic heterocycles. The van der Waals surface area contributed by atoms with E-state index < -0.39 is 112 Å². The summed E-state index contributed by atoms with van der Waals surface area (Å²) >= 11 is 0. The van der Waals surface area contributed by atoms with Crippen molar-refractivity contribution in [1.29, 1.82) is 10.5 Å². The van der Waals surface area contributed by atoms with Crippen molar-refractivity contribution in [1.82, 2.24) is 39.5 Å². The van der Waals surface area contributed by atoms with Gasteiger partial charge in [0.25, 0.3) is 0 Å². The minimum Gasteiger partial charge on any atom is -0.387 e. The van der Waals surface area contributed by atoms with E-state index in [1.165, 1.54) is 10.9 Å². The molecule has 69 heavy (non-hydrogen) atoms. The third-order valence-electron chi connectivity index (χ3n) is 12.0. The average molecular weight is 1040 g/mol. The van der Waals surface area contributed by atoms with Crippen LogP contribution in [0.4, 0.5) is 11.6 Å². The molecule has 0 spiro atoms. The van der Waals surface area contributed by atoms with E-state index in [1.54, 1.807) is 20.0 Å². The number of rotatable bonds is 14. The monoisotopic (exact) mass is 1040 g/mol. The number of aliphatic hydroxyl groups is 2. The van der Waals surface area contributed by atoms with Crippen molar-refractivity contribution in [3.8, 4) is 12.1 Å². The Bertz CT molecular complexity index is 3000. The first-order valence-corrected chi connectivity index (χ1v) is 28.9. The summed E-state index contributed by atoms with van der Waals surface area (Å²) in [5, 5.41) is 56.0. The van der Waals surface area contributed by atoms with Crippen molar-refractivity contribution in [3.63, 3.8) is 0 Å². The molecule has 28 nitrogen and oxygen atoms in total. The predicted octanol–water partition coefficient (Wildman–Crippen LogP) is 0.242. The first-order valence-electron chi connectivity index (χ1n) is 21.7. The van der Waals surface area contributed by atoms with Crippen molar-refractivity contribution in [2.24, 2.45) is 0 Å². The summed E-state index contributed by atoms with van der Waals surface area (Å²) in [5.74, 6) is -2.01. The maximum absolute atomic E-state index is 12.5. The van der Waals surface area contributed by atoms with Crippen LogP contribution in [0.5, 0.6) is 0 Å². The lowest BCUT2D eigenvalue weighted by molar-refractivity contribution is -0.195. The molecule has 0 aromatic carbocycles. The van der Waals surface area contributed by atoms with Crippen LogP contribution in [0.25, 0.3) is 22.1 Å². The lowest BCUT2D eigenvalue weighted by Crippen LogP contribution is -2.36. The fourth-order valence-corrected chi connectivity index (χ4v) is 15.7. The van der Waals surface area contributed by atoms with Crippen LogP contribution in [-0.2, 0) is 47.8 Å². The van der Waals surface area contributed by atoms with Crippen LogP contribution >= 0.6 is 15.2 Å². The van der Waals surface area contributed by atoms with Crippen LogP contribution in [0.3, 0.4) is 0 Å². The van der Waals surface area contributed by atoms with Gasteiger partial charge in [-0.1, -0.05) is 25.7 Å². The Morgan fingerprint density at radius 2 is 1.10 bits per heavy atom. The van der Waals surface area contributed by atoms with E-state index >= 15 is 0 Å². The second kappa shape index (κ2) is 19.3. The average Bonchev–Trinajstić information content (AvgIpc) is 4.11. The molecule has 3 saturated heterocycles.